The molecule has 0 bridgehead atoms. The van der Waals surface area contributed by atoms with E-state index in [0.29, 0.717) is 26.1 Å². The van der Waals surface area contributed by atoms with Gasteiger partial charge in [0, 0.05) is 61.7 Å². The van der Waals surface area contributed by atoms with E-state index in [0.717, 1.165) is 59.2 Å². The van der Waals surface area contributed by atoms with Gasteiger partial charge in [0.1, 0.15) is 5.82 Å². The highest BCUT2D eigenvalue weighted by Crippen LogP contribution is 2.24. The third-order valence-electron chi connectivity index (χ3n) is 7.38. The Morgan fingerprint density at radius 3 is 2.66 bits per heavy atom. The molecule has 0 aliphatic carbocycles. The predicted octanol–water partition coefficient (Wildman–Crippen LogP) is 5.58. The molecule has 1 unspecified atom stereocenters. The molecule has 0 saturated carbocycles. The molecular formula is C30H33N5O3. The molecule has 1 N–H and O–H groups in total. The molecule has 1 aliphatic rings. The molecule has 1 amide bonds. The smallest absolute Gasteiger partial charge is 0.269 e. The Hall–Kier alpha value is -4.04. The molecule has 1 aromatic heterocycles. The van der Waals surface area contributed by atoms with Crippen molar-refractivity contribution in [3.8, 4) is 0 Å². The maximum absolute atomic E-state index is 13.6. The summed E-state index contributed by atoms with van der Waals surface area (Å²) in [6.45, 7) is 5.08. The number of piperazine rings is 1. The van der Waals surface area contributed by atoms with Gasteiger partial charge in [-0.05, 0) is 28.8 Å². The van der Waals surface area contributed by atoms with Gasteiger partial charge in [-0.25, -0.2) is 4.98 Å². The van der Waals surface area contributed by atoms with Gasteiger partial charge in [-0.1, -0.05) is 68.3 Å². The van der Waals surface area contributed by atoms with Gasteiger partial charge in [0.25, 0.3) is 11.6 Å². The number of amides is 1. The Bertz CT molecular complexity index is 1410. The molecule has 4 aromatic rings. The van der Waals surface area contributed by atoms with Crippen molar-refractivity contribution in [1.29, 1.82) is 0 Å². The first-order valence-corrected chi connectivity index (χ1v) is 13.3. The molecule has 0 spiro atoms. The topological polar surface area (TPSA) is 95.4 Å². The number of H-pyrrole nitrogens is 1. The molecule has 8 nitrogen and oxygen atoms in total. The number of nitrogens with one attached hydrogen (secondary N) is 1. The zero-order chi connectivity index (χ0) is 26.5. The monoisotopic (exact) mass is 511 g/mol. The molecule has 38 heavy (non-hydrogen) atoms. The van der Waals surface area contributed by atoms with Crippen LogP contribution in [0.15, 0.2) is 72.9 Å². The van der Waals surface area contributed by atoms with Crippen LogP contribution in [-0.2, 0) is 13.0 Å². The van der Waals surface area contributed by atoms with E-state index in [1.807, 2.05) is 53.6 Å². The van der Waals surface area contributed by atoms with Crippen LogP contribution in [0.3, 0.4) is 0 Å². The second kappa shape index (κ2) is 11.6. The fourth-order valence-electron chi connectivity index (χ4n) is 5.31. The SMILES string of the molecule is CCCCC1CN(C(=O)c2cccc3ccccc23)CCN1Cc1ncc(Cc2ccc([N+](=O)[O-])cc2)[nH]1. The lowest BCUT2D eigenvalue weighted by Crippen LogP contribution is -2.54. The van der Waals surface area contributed by atoms with Crippen LogP contribution in [0, 0.1) is 10.1 Å². The van der Waals surface area contributed by atoms with Crippen molar-refractivity contribution in [2.24, 2.45) is 0 Å². The van der Waals surface area contributed by atoms with Crippen LogP contribution in [0.4, 0.5) is 5.69 Å². The summed E-state index contributed by atoms with van der Waals surface area (Å²) in [5.41, 5.74) is 2.83. The van der Waals surface area contributed by atoms with E-state index in [2.05, 4.69) is 21.8 Å². The Labute approximate surface area is 222 Å². The van der Waals surface area contributed by atoms with Crippen LogP contribution < -0.4 is 0 Å². The zero-order valence-corrected chi connectivity index (χ0v) is 21.7. The standard InChI is InChI=1S/C30H33N5O3/c1-2-3-9-26-20-34(30(36)28-11-6-8-23-7-4-5-10-27(23)28)17-16-33(26)21-29-31-19-24(32-29)18-22-12-14-25(15-13-22)35(37)38/h4-8,10-15,19,26H,2-3,9,16-18,20-21H2,1H3,(H,31,32). The van der Waals surface area contributed by atoms with Gasteiger partial charge < -0.3 is 9.88 Å². The molecule has 1 fully saturated rings. The fourth-order valence-corrected chi connectivity index (χ4v) is 5.31. The minimum Gasteiger partial charge on any atom is -0.345 e. The van der Waals surface area contributed by atoms with Gasteiger partial charge in [-0.15, -0.1) is 0 Å². The van der Waals surface area contributed by atoms with Crippen LogP contribution in [0.1, 0.15) is 53.6 Å². The van der Waals surface area contributed by atoms with Gasteiger partial charge in [-0.3, -0.25) is 19.8 Å². The highest BCUT2D eigenvalue weighted by atomic mass is 16.6. The lowest BCUT2D eigenvalue weighted by Gasteiger charge is -2.41. The number of nitro groups is 1. The van der Waals surface area contributed by atoms with Crippen molar-refractivity contribution in [1.82, 2.24) is 19.8 Å². The number of nitrogens with zero attached hydrogens (tertiary/aromatic N) is 4. The second-order valence-electron chi connectivity index (χ2n) is 10.00. The van der Waals surface area contributed by atoms with Crippen LogP contribution in [0.25, 0.3) is 10.8 Å². The molecule has 1 saturated heterocycles. The Kier molecular flexibility index (Phi) is 7.79. The molecule has 0 radical (unpaired) electrons. The van der Waals surface area contributed by atoms with Crippen molar-refractivity contribution in [2.75, 3.05) is 19.6 Å². The summed E-state index contributed by atoms with van der Waals surface area (Å²) in [6.07, 6.45) is 5.74. The van der Waals surface area contributed by atoms with Crippen LogP contribution in [0.5, 0.6) is 0 Å². The molecule has 5 rings (SSSR count). The minimum atomic E-state index is -0.386. The van der Waals surface area contributed by atoms with E-state index in [1.165, 1.54) is 12.1 Å². The number of hydrogen-bond acceptors (Lipinski definition) is 5. The molecule has 1 atom stereocenters. The summed E-state index contributed by atoms with van der Waals surface area (Å²) < 4.78 is 0. The quantitative estimate of drug-likeness (QED) is 0.234. The van der Waals surface area contributed by atoms with Crippen molar-refractivity contribution < 1.29 is 9.72 Å². The summed E-state index contributed by atoms with van der Waals surface area (Å²) in [7, 11) is 0. The number of non-ortho nitro benzene ring substituents is 1. The van der Waals surface area contributed by atoms with Crippen molar-refractivity contribution >= 4 is 22.4 Å². The number of carbonyl (C=O) groups excluding carboxylic acids is 1. The Balaban J connectivity index is 1.26. The number of rotatable bonds is 9. The van der Waals surface area contributed by atoms with Gasteiger partial charge in [-0.2, -0.15) is 0 Å². The summed E-state index contributed by atoms with van der Waals surface area (Å²) >= 11 is 0. The molecule has 1 aliphatic heterocycles. The van der Waals surface area contributed by atoms with Crippen molar-refractivity contribution in [3.05, 3.63) is 106 Å². The van der Waals surface area contributed by atoms with E-state index in [1.54, 1.807) is 12.1 Å². The lowest BCUT2D eigenvalue weighted by atomic mass is 10.0. The average molecular weight is 512 g/mol. The maximum atomic E-state index is 13.6. The molecule has 196 valence electrons. The van der Waals surface area contributed by atoms with Gasteiger partial charge >= 0.3 is 0 Å². The number of aromatic amines is 1. The molecule has 2 heterocycles. The number of unbranched alkanes of at least 4 members (excludes halogenated alkanes) is 1. The first-order valence-electron chi connectivity index (χ1n) is 13.3. The number of carbonyl (C=O) groups is 1. The van der Waals surface area contributed by atoms with E-state index >= 15 is 0 Å². The second-order valence-corrected chi connectivity index (χ2v) is 10.00. The molecular weight excluding hydrogens is 478 g/mol. The molecule has 3 aromatic carbocycles. The van der Waals surface area contributed by atoms with Gasteiger partial charge in [0.2, 0.25) is 0 Å². The predicted molar refractivity (Wildman–Crippen MR) is 148 cm³/mol. The first-order chi connectivity index (χ1) is 18.5. The number of imidazole rings is 1. The van der Waals surface area contributed by atoms with Crippen LogP contribution >= 0.6 is 0 Å². The maximum Gasteiger partial charge on any atom is 0.269 e. The number of hydrogen-bond donors (Lipinski definition) is 1. The van der Waals surface area contributed by atoms with E-state index in [-0.39, 0.29) is 22.6 Å². The van der Waals surface area contributed by atoms with E-state index in [9.17, 15) is 14.9 Å². The summed E-state index contributed by atoms with van der Waals surface area (Å²) in [4.78, 5) is 36.6. The third kappa shape index (κ3) is 5.75. The lowest BCUT2D eigenvalue weighted by molar-refractivity contribution is -0.384. The van der Waals surface area contributed by atoms with Crippen LogP contribution in [0.2, 0.25) is 0 Å². The summed E-state index contributed by atoms with van der Waals surface area (Å²) in [5, 5.41) is 13.0. The van der Waals surface area contributed by atoms with Crippen molar-refractivity contribution in [3.63, 3.8) is 0 Å². The zero-order valence-electron chi connectivity index (χ0n) is 21.7. The van der Waals surface area contributed by atoms with E-state index < -0.39 is 0 Å². The minimum absolute atomic E-state index is 0.0928. The number of nitro benzene ring substituents is 1. The van der Waals surface area contributed by atoms with Gasteiger partial charge in [0.05, 0.1) is 11.5 Å². The highest BCUT2D eigenvalue weighted by molar-refractivity contribution is 6.07. The van der Waals surface area contributed by atoms with Crippen molar-refractivity contribution in [2.45, 2.75) is 45.2 Å². The van der Waals surface area contributed by atoms with Gasteiger partial charge in [0.15, 0.2) is 0 Å². The average Bonchev–Trinajstić information content (AvgIpc) is 3.38. The Morgan fingerprint density at radius 2 is 1.87 bits per heavy atom. The van der Waals surface area contributed by atoms with E-state index in [4.69, 9.17) is 0 Å². The third-order valence-corrected chi connectivity index (χ3v) is 7.38. The largest absolute Gasteiger partial charge is 0.345 e. The molecule has 8 heteroatoms. The number of benzene rings is 3. The summed E-state index contributed by atoms with van der Waals surface area (Å²) in [5.74, 6) is 1.00. The Morgan fingerprint density at radius 1 is 1.08 bits per heavy atom. The fraction of sp³-hybridized carbons (Fsp3) is 0.333. The number of aromatic nitrogens is 2. The first kappa shape index (κ1) is 25.6. The highest BCUT2D eigenvalue weighted by Gasteiger charge is 2.30. The number of fused-ring (bicyclic) bond motifs is 1. The normalized spacial score (nSPS) is 16.1. The van der Waals surface area contributed by atoms with Crippen LogP contribution in [-0.4, -0.2) is 56.3 Å². The summed E-state index contributed by atoms with van der Waals surface area (Å²) in [6, 6.07) is 20.9.